The van der Waals surface area contributed by atoms with Gasteiger partial charge in [-0.05, 0) is 108 Å². The first-order chi connectivity index (χ1) is 14.0. The molecule has 0 amide bonds. The molecule has 5 rings (SSSR count). The highest BCUT2D eigenvalue weighted by Crippen LogP contribution is 2.57. The topological polar surface area (TPSA) is 0 Å². The fourth-order valence-corrected chi connectivity index (χ4v) is 6.38. The number of rotatable bonds is 3. The maximum atomic E-state index is 2.52. The minimum absolute atomic E-state index is 0.299. The lowest BCUT2D eigenvalue weighted by Crippen LogP contribution is -2.37. The summed E-state index contributed by atoms with van der Waals surface area (Å²) in [6, 6.07) is 22.9. The van der Waals surface area contributed by atoms with Crippen molar-refractivity contribution >= 4 is 0 Å². The van der Waals surface area contributed by atoms with Gasteiger partial charge in [0, 0.05) is 0 Å². The maximum absolute atomic E-state index is 2.52. The van der Waals surface area contributed by atoms with Crippen LogP contribution in [-0.2, 0) is 25.7 Å². The Morgan fingerprint density at radius 3 is 2.10 bits per heavy atom. The van der Waals surface area contributed by atoms with E-state index in [9.17, 15) is 0 Å². The molecule has 2 atom stereocenters. The molecule has 2 unspecified atom stereocenters. The van der Waals surface area contributed by atoms with E-state index in [1.807, 2.05) is 0 Å². The first-order valence-corrected chi connectivity index (χ1v) is 11.2. The molecule has 0 fully saturated rings. The van der Waals surface area contributed by atoms with Gasteiger partial charge in [-0.1, -0.05) is 67.6 Å². The van der Waals surface area contributed by atoms with Gasteiger partial charge in [0.05, 0.1) is 0 Å². The summed E-state index contributed by atoms with van der Waals surface area (Å²) in [7, 11) is 0. The second-order valence-electron chi connectivity index (χ2n) is 9.68. The van der Waals surface area contributed by atoms with Gasteiger partial charge in [-0.15, -0.1) is 0 Å². The van der Waals surface area contributed by atoms with Crippen molar-refractivity contribution < 1.29 is 0 Å². The second-order valence-corrected chi connectivity index (χ2v) is 9.68. The molecule has 2 aliphatic carbocycles. The van der Waals surface area contributed by atoms with E-state index < -0.39 is 0 Å². The molecule has 29 heavy (non-hydrogen) atoms. The molecule has 0 heteroatoms. The first kappa shape index (κ1) is 18.7. The zero-order valence-electron chi connectivity index (χ0n) is 18.3. The summed E-state index contributed by atoms with van der Waals surface area (Å²) in [6.07, 6.45) is 4.88. The number of hydrogen-bond donors (Lipinski definition) is 0. The molecule has 0 heterocycles. The fraction of sp³-hybridized carbons (Fsp3) is 0.379. The average Bonchev–Trinajstić information content (AvgIpc) is 3.28. The molecule has 3 aromatic carbocycles. The van der Waals surface area contributed by atoms with E-state index in [-0.39, 0.29) is 0 Å². The molecule has 0 aliphatic heterocycles. The molecule has 0 saturated heterocycles. The van der Waals surface area contributed by atoms with Crippen LogP contribution in [0.15, 0.2) is 60.7 Å². The van der Waals surface area contributed by atoms with E-state index >= 15 is 0 Å². The molecule has 0 N–H and O–H groups in total. The zero-order chi connectivity index (χ0) is 20.2. The standard InChI is InChI=1S/C29H32/c1-19-14-27-22(4)29(17-23-10-6-5-7-11-23,18-28(27)21(3)20(19)2)26-15-24-12-8-9-13-25(24)16-26/h5-14,22,26H,15-18H2,1-4H3. The Morgan fingerprint density at radius 1 is 0.828 bits per heavy atom. The minimum Gasteiger partial charge on any atom is -0.0622 e. The third-order valence-corrected chi connectivity index (χ3v) is 8.40. The van der Waals surface area contributed by atoms with Crippen LogP contribution in [0, 0.1) is 32.1 Å². The highest BCUT2D eigenvalue weighted by molar-refractivity contribution is 5.51. The van der Waals surface area contributed by atoms with Crippen LogP contribution in [0.25, 0.3) is 0 Å². The van der Waals surface area contributed by atoms with Crippen LogP contribution in [0.3, 0.4) is 0 Å². The molecule has 0 saturated carbocycles. The van der Waals surface area contributed by atoms with E-state index in [1.165, 1.54) is 47.9 Å². The van der Waals surface area contributed by atoms with Crippen LogP contribution in [0.2, 0.25) is 0 Å². The van der Waals surface area contributed by atoms with E-state index in [0.717, 1.165) is 0 Å². The SMILES string of the molecule is Cc1cc2c(c(C)c1C)CC(Cc1ccccc1)(C1Cc3ccccc3C1)C2C. The summed E-state index contributed by atoms with van der Waals surface area (Å²) < 4.78 is 0. The highest BCUT2D eigenvalue weighted by atomic mass is 14.5. The molecule has 0 bridgehead atoms. The van der Waals surface area contributed by atoms with Crippen molar-refractivity contribution in [2.24, 2.45) is 11.3 Å². The molecule has 0 radical (unpaired) electrons. The average molecular weight is 381 g/mol. The first-order valence-electron chi connectivity index (χ1n) is 11.2. The quantitative estimate of drug-likeness (QED) is 0.463. The summed E-state index contributed by atoms with van der Waals surface area (Å²) in [5, 5.41) is 0. The fourth-order valence-electron chi connectivity index (χ4n) is 6.38. The Morgan fingerprint density at radius 2 is 1.45 bits per heavy atom. The van der Waals surface area contributed by atoms with Gasteiger partial charge in [0.25, 0.3) is 0 Å². The lowest BCUT2D eigenvalue weighted by atomic mass is 9.63. The molecule has 0 aromatic heterocycles. The van der Waals surface area contributed by atoms with Gasteiger partial charge in [0.15, 0.2) is 0 Å². The largest absolute Gasteiger partial charge is 0.0622 e. The lowest BCUT2D eigenvalue weighted by Gasteiger charge is -2.40. The van der Waals surface area contributed by atoms with Crippen LogP contribution >= 0.6 is 0 Å². The molecule has 148 valence electrons. The van der Waals surface area contributed by atoms with Crippen molar-refractivity contribution in [2.75, 3.05) is 0 Å². The molecular weight excluding hydrogens is 348 g/mol. The molecule has 3 aromatic rings. The molecule has 0 nitrogen and oxygen atoms in total. The monoisotopic (exact) mass is 380 g/mol. The third-order valence-electron chi connectivity index (χ3n) is 8.40. The second kappa shape index (κ2) is 6.87. The molecule has 0 spiro atoms. The predicted molar refractivity (Wildman–Crippen MR) is 123 cm³/mol. The minimum atomic E-state index is 0.299. The van der Waals surface area contributed by atoms with Gasteiger partial charge in [-0.3, -0.25) is 0 Å². The number of fused-ring (bicyclic) bond motifs is 2. The molecule has 2 aliphatic rings. The van der Waals surface area contributed by atoms with Gasteiger partial charge in [0.1, 0.15) is 0 Å². The van der Waals surface area contributed by atoms with Crippen molar-refractivity contribution in [1.29, 1.82) is 0 Å². The predicted octanol–water partition coefficient (Wildman–Crippen LogP) is 6.92. The van der Waals surface area contributed by atoms with E-state index in [1.54, 1.807) is 22.3 Å². The number of hydrogen-bond acceptors (Lipinski definition) is 0. The van der Waals surface area contributed by atoms with Crippen LogP contribution < -0.4 is 0 Å². The smallest absolute Gasteiger partial charge is 0.0116 e. The van der Waals surface area contributed by atoms with E-state index in [0.29, 0.717) is 17.3 Å². The Hall–Kier alpha value is -2.34. The summed E-state index contributed by atoms with van der Waals surface area (Å²) in [6.45, 7) is 9.47. The summed E-state index contributed by atoms with van der Waals surface area (Å²) >= 11 is 0. The van der Waals surface area contributed by atoms with Gasteiger partial charge >= 0.3 is 0 Å². The maximum Gasteiger partial charge on any atom is -0.0116 e. The highest BCUT2D eigenvalue weighted by Gasteiger charge is 2.50. The Bertz CT molecular complexity index is 1030. The third kappa shape index (κ3) is 2.88. The summed E-state index contributed by atoms with van der Waals surface area (Å²) in [5.74, 6) is 1.30. The van der Waals surface area contributed by atoms with Crippen molar-refractivity contribution in [2.45, 2.75) is 59.3 Å². The lowest BCUT2D eigenvalue weighted by molar-refractivity contribution is 0.143. The normalized spacial score (nSPS) is 23.2. The number of aryl methyl sites for hydroxylation is 1. The van der Waals surface area contributed by atoms with Crippen molar-refractivity contribution in [3.8, 4) is 0 Å². The van der Waals surface area contributed by atoms with Crippen LogP contribution in [-0.4, -0.2) is 0 Å². The van der Waals surface area contributed by atoms with Gasteiger partial charge in [-0.25, -0.2) is 0 Å². The van der Waals surface area contributed by atoms with E-state index in [2.05, 4.69) is 88.4 Å². The Balaban J connectivity index is 1.62. The van der Waals surface area contributed by atoms with Crippen molar-refractivity contribution in [3.63, 3.8) is 0 Å². The summed E-state index contributed by atoms with van der Waals surface area (Å²) in [5.41, 5.74) is 12.7. The van der Waals surface area contributed by atoms with Gasteiger partial charge in [-0.2, -0.15) is 0 Å². The van der Waals surface area contributed by atoms with Gasteiger partial charge in [0.2, 0.25) is 0 Å². The van der Waals surface area contributed by atoms with E-state index in [4.69, 9.17) is 0 Å². The Labute approximate surface area is 176 Å². The van der Waals surface area contributed by atoms with Crippen LogP contribution in [0.1, 0.15) is 57.3 Å². The van der Waals surface area contributed by atoms with Crippen molar-refractivity contribution in [3.05, 3.63) is 105 Å². The van der Waals surface area contributed by atoms with Crippen LogP contribution in [0.4, 0.5) is 0 Å². The van der Waals surface area contributed by atoms with Gasteiger partial charge < -0.3 is 0 Å². The van der Waals surface area contributed by atoms with Crippen LogP contribution in [0.5, 0.6) is 0 Å². The molecular formula is C29H32. The van der Waals surface area contributed by atoms with Crippen molar-refractivity contribution in [1.82, 2.24) is 0 Å². The zero-order valence-corrected chi connectivity index (χ0v) is 18.3. The Kier molecular flexibility index (Phi) is 4.42. The number of benzene rings is 3. The summed E-state index contributed by atoms with van der Waals surface area (Å²) in [4.78, 5) is 0.